The normalized spacial score (nSPS) is 20.7. The zero-order valence-corrected chi connectivity index (χ0v) is 18.9. The topological polar surface area (TPSA) is 73.9 Å². The van der Waals surface area contributed by atoms with Crippen LogP contribution < -0.4 is 19.5 Å². The van der Waals surface area contributed by atoms with Gasteiger partial charge < -0.3 is 19.5 Å². The number of carbonyl (C=O) groups is 2. The van der Waals surface area contributed by atoms with Crippen LogP contribution in [-0.4, -0.2) is 32.0 Å². The second-order valence-corrected chi connectivity index (χ2v) is 8.54. The predicted octanol–water partition coefficient (Wildman–Crippen LogP) is 4.50. The van der Waals surface area contributed by atoms with E-state index in [9.17, 15) is 9.59 Å². The van der Waals surface area contributed by atoms with E-state index in [1.807, 2.05) is 56.3 Å². The van der Waals surface area contributed by atoms with Crippen LogP contribution in [-0.2, 0) is 9.59 Å². The first kappa shape index (κ1) is 21.9. The molecule has 6 nitrogen and oxygen atoms in total. The Morgan fingerprint density at radius 1 is 0.938 bits per heavy atom. The Morgan fingerprint density at radius 3 is 2.34 bits per heavy atom. The molecule has 6 heteroatoms. The minimum absolute atomic E-state index is 0.0144. The van der Waals surface area contributed by atoms with E-state index in [2.05, 4.69) is 5.32 Å². The summed E-state index contributed by atoms with van der Waals surface area (Å²) in [6.07, 6.45) is 1.33. The smallest absolute Gasteiger partial charge is 0.225 e. The third-order valence-corrected chi connectivity index (χ3v) is 6.07. The van der Waals surface area contributed by atoms with Crippen molar-refractivity contribution in [2.75, 3.05) is 14.2 Å². The van der Waals surface area contributed by atoms with E-state index >= 15 is 0 Å². The molecule has 0 aromatic heterocycles. The molecule has 32 heavy (non-hydrogen) atoms. The van der Waals surface area contributed by atoms with Crippen molar-refractivity contribution in [3.63, 3.8) is 0 Å². The van der Waals surface area contributed by atoms with Gasteiger partial charge in [0.15, 0.2) is 17.3 Å². The maximum atomic E-state index is 13.4. The van der Waals surface area contributed by atoms with Gasteiger partial charge >= 0.3 is 0 Å². The van der Waals surface area contributed by atoms with Crippen LogP contribution in [0.2, 0.25) is 0 Å². The van der Waals surface area contributed by atoms with Gasteiger partial charge in [0, 0.05) is 35.6 Å². The Bertz CT molecular complexity index is 1050. The highest BCUT2D eigenvalue weighted by molar-refractivity contribution is 6.02. The van der Waals surface area contributed by atoms with Crippen molar-refractivity contribution < 1.29 is 23.8 Å². The van der Waals surface area contributed by atoms with Crippen LogP contribution in [0, 0.1) is 0 Å². The molecule has 1 N–H and O–H groups in total. The SMILES string of the molecule is COc1cccc([C@H]2CC(=O)NC3=C2C(=O)C[C@@H](c2ccc(OC(C)C)cc2)C3)c1OC. The van der Waals surface area contributed by atoms with Gasteiger partial charge in [-0.3, -0.25) is 9.59 Å². The zero-order chi connectivity index (χ0) is 22.8. The number of amides is 1. The number of rotatable bonds is 6. The molecule has 168 valence electrons. The molecule has 2 aliphatic rings. The van der Waals surface area contributed by atoms with Gasteiger partial charge in [0.1, 0.15) is 5.75 Å². The first-order valence-corrected chi connectivity index (χ1v) is 10.9. The summed E-state index contributed by atoms with van der Waals surface area (Å²) in [6.45, 7) is 3.97. The quantitative estimate of drug-likeness (QED) is 0.723. The summed E-state index contributed by atoms with van der Waals surface area (Å²) in [5, 5.41) is 2.97. The van der Waals surface area contributed by atoms with Gasteiger partial charge in [-0.05, 0) is 49.9 Å². The molecule has 2 aromatic rings. The van der Waals surface area contributed by atoms with Gasteiger partial charge in [-0.2, -0.15) is 0 Å². The minimum Gasteiger partial charge on any atom is -0.493 e. The molecular weight excluding hydrogens is 406 g/mol. The summed E-state index contributed by atoms with van der Waals surface area (Å²) < 4.78 is 16.8. The van der Waals surface area contributed by atoms with E-state index in [4.69, 9.17) is 14.2 Å². The van der Waals surface area contributed by atoms with Gasteiger partial charge in [0.05, 0.1) is 20.3 Å². The summed E-state index contributed by atoms with van der Waals surface area (Å²) in [5.41, 5.74) is 3.28. The molecule has 0 radical (unpaired) electrons. The largest absolute Gasteiger partial charge is 0.493 e. The summed E-state index contributed by atoms with van der Waals surface area (Å²) in [4.78, 5) is 26.0. The number of methoxy groups -OCH3 is 2. The molecule has 0 spiro atoms. The van der Waals surface area contributed by atoms with E-state index in [0.29, 0.717) is 29.9 Å². The summed E-state index contributed by atoms with van der Waals surface area (Å²) in [5.74, 6) is 1.60. The number of ketones is 1. The van der Waals surface area contributed by atoms with E-state index in [1.165, 1.54) is 0 Å². The van der Waals surface area contributed by atoms with Crippen LogP contribution in [0.15, 0.2) is 53.7 Å². The first-order chi connectivity index (χ1) is 15.4. The molecule has 0 unspecified atom stereocenters. The molecular formula is C26H29NO5. The van der Waals surface area contributed by atoms with Gasteiger partial charge in [-0.25, -0.2) is 0 Å². The predicted molar refractivity (Wildman–Crippen MR) is 121 cm³/mol. The number of hydrogen-bond acceptors (Lipinski definition) is 5. The molecule has 0 saturated heterocycles. The maximum absolute atomic E-state index is 13.4. The molecule has 1 heterocycles. The molecule has 1 aliphatic carbocycles. The van der Waals surface area contributed by atoms with Crippen molar-refractivity contribution in [1.82, 2.24) is 5.32 Å². The number of carbonyl (C=O) groups excluding carboxylic acids is 2. The molecule has 1 amide bonds. The summed E-state index contributed by atoms with van der Waals surface area (Å²) in [7, 11) is 3.15. The van der Waals surface area contributed by atoms with Crippen molar-refractivity contribution in [2.45, 2.75) is 51.0 Å². The van der Waals surface area contributed by atoms with Crippen LogP contribution in [0.4, 0.5) is 0 Å². The Labute approximate surface area is 188 Å². The third kappa shape index (κ3) is 4.22. The molecule has 2 aromatic carbocycles. The number of benzene rings is 2. The van der Waals surface area contributed by atoms with E-state index in [-0.39, 0.29) is 36.1 Å². The summed E-state index contributed by atoms with van der Waals surface area (Å²) in [6, 6.07) is 13.5. The number of nitrogens with one attached hydrogen (secondary N) is 1. The van der Waals surface area contributed by atoms with Crippen LogP contribution in [0.3, 0.4) is 0 Å². The van der Waals surface area contributed by atoms with Crippen LogP contribution in [0.25, 0.3) is 0 Å². The Balaban J connectivity index is 1.67. The number of ether oxygens (including phenoxy) is 3. The molecule has 1 aliphatic heterocycles. The van der Waals surface area contributed by atoms with Crippen molar-refractivity contribution in [2.24, 2.45) is 0 Å². The van der Waals surface area contributed by atoms with Crippen LogP contribution >= 0.6 is 0 Å². The fourth-order valence-corrected chi connectivity index (χ4v) is 4.74. The molecule has 2 atom stereocenters. The Hall–Kier alpha value is -3.28. The van der Waals surface area contributed by atoms with Crippen molar-refractivity contribution in [3.8, 4) is 17.2 Å². The number of hydrogen-bond donors (Lipinski definition) is 1. The van der Waals surface area contributed by atoms with Gasteiger partial charge in [0.25, 0.3) is 0 Å². The maximum Gasteiger partial charge on any atom is 0.225 e. The van der Waals surface area contributed by atoms with Crippen molar-refractivity contribution in [3.05, 3.63) is 64.9 Å². The van der Waals surface area contributed by atoms with Crippen molar-refractivity contribution in [1.29, 1.82) is 0 Å². The highest BCUT2D eigenvalue weighted by atomic mass is 16.5. The highest BCUT2D eigenvalue weighted by Crippen LogP contribution is 2.46. The second kappa shape index (κ2) is 9.07. The number of para-hydroxylation sites is 1. The lowest BCUT2D eigenvalue weighted by molar-refractivity contribution is -0.122. The van der Waals surface area contributed by atoms with Gasteiger partial charge in [-0.1, -0.05) is 24.3 Å². The fourth-order valence-electron chi connectivity index (χ4n) is 4.74. The fraction of sp³-hybridized carbons (Fsp3) is 0.385. The highest BCUT2D eigenvalue weighted by Gasteiger charge is 2.39. The monoisotopic (exact) mass is 435 g/mol. The molecule has 0 bridgehead atoms. The van der Waals surface area contributed by atoms with Gasteiger partial charge in [0.2, 0.25) is 5.91 Å². The van der Waals surface area contributed by atoms with Gasteiger partial charge in [-0.15, -0.1) is 0 Å². The molecule has 0 fully saturated rings. The van der Waals surface area contributed by atoms with Crippen molar-refractivity contribution >= 4 is 11.7 Å². The number of Topliss-reactive ketones (excluding diaryl/α,β-unsaturated/α-hetero) is 1. The van der Waals surface area contributed by atoms with Crippen LogP contribution in [0.5, 0.6) is 17.2 Å². The Kier molecular flexibility index (Phi) is 6.21. The average Bonchev–Trinajstić information content (AvgIpc) is 2.77. The lowest BCUT2D eigenvalue weighted by Gasteiger charge is -2.35. The Morgan fingerprint density at radius 2 is 1.69 bits per heavy atom. The lowest BCUT2D eigenvalue weighted by Crippen LogP contribution is -2.38. The average molecular weight is 436 g/mol. The van der Waals surface area contributed by atoms with E-state index in [0.717, 1.165) is 22.6 Å². The van der Waals surface area contributed by atoms with Crippen LogP contribution in [0.1, 0.15) is 56.1 Å². The zero-order valence-electron chi connectivity index (χ0n) is 18.9. The third-order valence-electron chi connectivity index (χ3n) is 6.07. The lowest BCUT2D eigenvalue weighted by atomic mass is 9.73. The first-order valence-electron chi connectivity index (χ1n) is 10.9. The second-order valence-electron chi connectivity index (χ2n) is 8.54. The molecule has 0 saturated carbocycles. The minimum atomic E-state index is -0.348. The van der Waals surface area contributed by atoms with E-state index in [1.54, 1.807) is 14.2 Å². The van der Waals surface area contributed by atoms with E-state index < -0.39 is 0 Å². The molecule has 4 rings (SSSR count). The standard InChI is InChI=1S/C26H29NO5/c1-15(2)32-18-10-8-16(9-11-18)17-12-21-25(22(28)13-17)20(14-24(29)27-21)19-6-5-7-23(30-3)26(19)31-4/h5-11,15,17,20H,12-14H2,1-4H3,(H,27,29)/t17-,20+/m0/s1. The number of allylic oxidation sites excluding steroid dienone is 2. The summed E-state index contributed by atoms with van der Waals surface area (Å²) >= 11 is 0.